The summed E-state index contributed by atoms with van der Waals surface area (Å²) in [5.74, 6) is -0.702. The summed E-state index contributed by atoms with van der Waals surface area (Å²) in [6.45, 7) is 7.75. The summed E-state index contributed by atoms with van der Waals surface area (Å²) < 4.78 is 5.35. The Kier molecular flexibility index (Phi) is 4.36. The lowest BCUT2D eigenvalue weighted by molar-refractivity contribution is -0.138. The smallest absolute Gasteiger partial charge is 0.304 e. The summed E-state index contributed by atoms with van der Waals surface area (Å²) in [6, 6.07) is 0.744. The fraction of sp³-hybridized carbons (Fsp3) is 0.917. The number of carbonyl (C=O) groups is 1. The monoisotopic (exact) mass is 242 g/mol. The topological polar surface area (TPSA) is 53.0 Å². The summed E-state index contributed by atoms with van der Waals surface area (Å²) in [7, 11) is 0. The molecule has 0 aromatic carbocycles. The first-order valence-electron chi connectivity index (χ1n) is 6.44. The van der Waals surface area contributed by atoms with E-state index in [1.54, 1.807) is 0 Å². The Hall–Kier alpha value is -0.650. The second-order valence-corrected chi connectivity index (χ2v) is 5.03. The number of ether oxygens (including phenoxy) is 1. The van der Waals surface area contributed by atoms with Crippen LogP contribution in [0.2, 0.25) is 0 Å². The quantitative estimate of drug-likeness (QED) is 0.766. The number of likely N-dealkylation sites (tertiary alicyclic amines) is 1. The molecule has 2 atom stereocenters. The highest BCUT2D eigenvalue weighted by molar-refractivity contribution is 5.67. The molecule has 2 fully saturated rings. The van der Waals surface area contributed by atoms with Crippen molar-refractivity contribution in [3.05, 3.63) is 0 Å². The maximum atomic E-state index is 10.7. The van der Waals surface area contributed by atoms with Crippen LogP contribution in [0.15, 0.2) is 0 Å². The van der Waals surface area contributed by atoms with Gasteiger partial charge in [0, 0.05) is 38.3 Å². The second-order valence-electron chi connectivity index (χ2n) is 5.03. The molecule has 0 amide bonds. The predicted molar refractivity (Wildman–Crippen MR) is 64.1 cm³/mol. The van der Waals surface area contributed by atoms with E-state index in [0.29, 0.717) is 6.04 Å². The summed E-state index contributed by atoms with van der Waals surface area (Å²) in [6.07, 6.45) is 1.40. The van der Waals surface area contributed by atoms with E-state index < -0.39 is 5.97 Å². The van der Waals surface area contributed by atoms with Gasteiger partial charge in [0.05, 0.1) is 19.6 Å². The van der Waals surface area contributed by atoms with E-state index in [4.69, 9.17) is 9.84 Å². The van der Waals surface area contributed by atoms with Crippen molar-refractivity contribution in [2.75, 3.05) is 39.4 Å². The molecule has 5 nitrogen and oxygen atoms in total. The first kappa shape index (κ1) is 12.8. The molecule has 2 unspecified atom stereocenters. The molecule has 2 heterocycles. The molecule has 17 heavy (non-hydrogen) atoms. The Bertz CT molecular complexity index is 266. The fourth-order valence-electron chi connectivity index (χ4n) is 2.79. The molecule has 2 aliphatic heterocycles. The van der Waals surface area contributed by atoms with E-state index >= 15 is 0 Å². The molecule has 0 bridgehead atoms. The number of carboxylic acids is 1. The fourth-order valence-corrected chi connectivity index (χ4v) is 2.79. The minimum absolute atomic E-state index is 0.151. The zero-order valence-corrected chi connectivity index (χ0v) is 10.5. The molecule has 5 heteroatoms. The standard InChI is InChI=1S/C12H22N2O3/c1-10(8-12(15)16)14-3-2-11(9-14)13-4-6-17-7-5-13/h10-11H,2-9H2,1H3,(H,15,16). The first-order chi connectivity index (χ1) is 8.16. The zero-order chi connectivity index (χ0) is 12.3. The minimum Gasteiger partial charge on any atom is -0.481 e. The van der Waals surface area contributed by atoms with Gasteiger partial charge < -0.3 is 9.84 Å². The number of carboxylic acid groups (broad SMARTS) is 1. The maximum Gasteiger partial charge on any atom is 0.304 e. The van der Waals surface area contributed by atoms with Gasteiger partial charge in [0.15, 0.2) is 0 Å². The van der Waals surface area contributed by atoms with Gasteiger partial charge >= 0.3 is 5.97 Å². The third kappa shape index (κ3) is 3.40. The SMILES string of the molecule is CC(CC(=O)O)N1CCC(N2CCOCC2)C1. The van der Waals surface area contributed by atoms with Gasteiger partial charge in [-0.05, 0) is 13.3 Å². The minimum atomic E-state index is -0.702. The van der Waals surface area contributed by atoms with Crippen LogP contribution in [0.25, 0.3) is 0 Å². The van der Waals surface area contributed by atoms with Crippen LogP contribution in [0, 0.1) is 0 Å². The lowest BCUT2D eigenvalue weighted by Gasteiger charge is -2.32. The van der Waals surface area contributed by atoms with Crippen molar-refractivity contribution in [1.29, 1.82) is 0 Å². The van der Waals surface area contributed by atoms with Crippen LogP contribution in [0.4, 0.5) is 0 Å². The normalized spacial score (nSPS) is 29.4. The number of hydrogen-bond donors (Lipinski definition) is 1. The molecule has 0 aromatic rings. The zero-order valence-electron chi connectivity index (χ0n) is 10.5. The van der Waals surface area contributed by atoms with E-state index in [1.807, 2.05) is 6.92 Å². The van der Waals surface area contributed by atoms with Crippen LogP contribution < -0.4 is 0 Å². The summed E-state index contributed by atoms with van der Waals surface area (Å²) in [5, 5.41) is 8.81. The number of rotatable bonds is 4. The Balaban J connectivity index is 1.79. The number of aliphatic carboxylic acids is 1. The van der Waals surface area contributed by atoms with Gasteiger partial charge in [0.2, 0.25) is 0 Å². The molecule has 2 saturated heterocycles. The van der Waals surface area contributed by atoms with Crippen LogP contribution in [0.5, 0.6) is 0 Å². The van der Waals surface area contributed by atoms with Gasteiger partial charge in [-0.3, -0.25) is 14.6 Å². The lowest BCUT2D eigenvalue weighted by atomic mass is 10.2. The van der Waals surface area contributed by atoms with Crippen molar-refractivity contribution in [3.8, 4) is 0 Å². The molecular formula is C12H22N2O3. The molecule has 1 N–H and O–H groups in total. The largest absolute Gasteiger partial charge is 0.481 e. The number of nitrogens with zero attached hydrogens (tertiary/aromatic N) is 2. The van der Waals surface area contributed by atoms with E-state index in [0.717, 1.165) is 45.8 Å². The molecule has 0 spiro atoms. The van der Waals surface area contributed by atoms with E-state index in [9.17, 15) is 4.79 Å². The van der Waals surface area contributed by atoms with Gasteiger partial charge in [-0.2, -0.15) is 0 Å². The van der Waals surface area contributed by atoms with Crippen LogP contribution in [0.3, 0.4) is 0 Å². The van der Waals surface area contributed by atoms with E-state index in [-0.39, 0.29) is 12.5 Å². The summed E-state index contributed by atoms with van der Waals surface area (Å²) in [4.78, 5) is 15.5. The highest BCUT2D eigenvalue weighted by Gasteiger charge is 2.31. The highest BCUT2D eigenvalue weighted by Crippen LogP contribution is 2.20. The average molecular weight is 242 g/mol. The first-order valence-corrected chi connectivity index (χ1v) is 6.44. The van der Waals surface area contributed by atoms with Crippen LogP contribution in [-0.2, 0) is 9.53 Å². The van der Waals surface area contributed by atoms with Crippen LogP contribution in [0.1, 0.15) is 19.8 Å². The molecular weight excluding hydrogens is 220 g/mol. The molecule has 0 aliphatic carbocycles. The lowest BCUT2D eigenvalue weighted by Crippen LogP contribution is -2.45. The Morgan fingerprint density at radius 3 is 2.76 bits per heavy atom. The molecule has 2 rings (SSSR count). The van der Waals surface area contributed by atoms with E-state index in [2.05, 4.69) is 9.80 Å². The van der Waals surface area contributed by atoms with Crippen molar-refractivity contribution in [1.82, 2.24) is 9.80 Å². The van der Waals surface area contributed by atoms with Crippen LogP contribution >= 0.6 is 0 Å². The highest BCUT2D eigenvalue weighted by atomic mass is 16.5. The van der Waals surface area contributed by atoms with Crippen molar-refractivity contribution < 1.29 is 14.6 Å². The molecule has 0 aromatic heterocycles. The number of hydrogen-bond acceptors (Lipinski definition) is 4. The third-order valence-corrected chi connectivity index (χ3v) is 3.85. The van der Waals surface area contributed by atoms with Gasteiger partial charge in [-0.1, -0.05) is 0 Å². The number of morpholine rings is 1. The molecule has 2 aliphatic rings. The van der Waals surface area contributed by atoms with Crippen molar-refractivity contribution in [2.24, 2.45) is 0 Å². The Morgan fingerprint density at radius 1 is 1.41 bits per heavy atom. The summed E-state index contributed by atoms with van der Waals surface area (Å²) in [5.41, 5.74) is 0. The average Bonchev–Trinajstić information content (AvgIpc) is 2.78. The van der Waals surface area contributed by atoms with Gasteiger partial charge in [-0.25, -0.2) is 0 Å². The Labute approximate surface area is 102 Å². The van der Waals surface area contributed by atoms with Crippen molar-refractivity contribution >= 4 is 5.97 Å². The molecule has 0 radical (unpaired) electrons. The molecule has 98 valence electrons. The summed E-state index contributed by atoms with van der Waals surface area (Å²) >= 11 is 0. The van der Waals surface area contributed by atoms with E-state index in [1.165, 1.54) is 0 Å². The van der Waals surface area contributed by atoms with Gasteiger partial charge in [0.1, 0.15) is 0 Å². The van der Waals surface area contributed by atoms with Crippen LogP contribution in [-0.4, -0.2) is 72.4 Å². The third-order valence-electron chi connectivity index (χ3n) is 3.85. The van der Waals surface area contributed by atoms with Crippen molar-refractivity contribution in [3.63, 3.8) is 0 Å². The van der Waals surface area contributed by atoms with Crippen molar-refractivity contribution in [2.45, 2.75) is 31.8 Å². The second kappa shape index (κ2) is 5.80. The Morgan fingerprint density at radius 2 is 2.12 bits per heavy atom. The predicted octanol–water partition coefficient (Wildman–Crippen LogP) is 0.256. The van der Waals surface area contributed by atoms with Gasteiger partial charge in [-0.15, -0.1) is 0 Å². The van der Waals surface area contributed by atoms with Gasteiger partial charge in [0.25, 0.3) is 0 Å². The molecule has 0 saturated carbocycles. The maximum absolute atomic E-state index is 10.7.